The first-order valence-corrected chi connectivity index (χ1v) is 10.7. The highest BCUT2D eigenvalue weighted by Gasteiger charge is 2.37. The van der Waals surface area contributed by atoms with E-state index in [2.05, 4.69) is 6.92 Å². The highest BCUT2D eigenvalue weighted by molar-refractivity contribution is 7.99. The minimum absolute atomic E-state index is 0.0425. The SMILES string of the molecule is CCCCCCCCCCOCC(O)CSC(F)(F)c1ccc(F)c(F)c1F. The summed E-state index contributed by atoms with van der Waals surface area (Å²) in [7, 11) is 0. The molecule has 8 heteroatoms. The van der Waals surface area contributed by atoms with Crippen LogP contribution in [0.1, 0.15) is 63.9 Å². The predicted octanol–water partition coefficient (Wildman–Crippen LogP) is 6.40. The molecule has 0 amide bonds. The van der Waals surface area contributed by atoms with Crippen molar-refractivity contribution in [3.8, 4) is 0 Å². The number of unbranched alkanes of at least 4 members (excludes halogenated alkanes) is 7. The number of halogens is 5. The Labute approximate surface area is 167 Å². The molecule has 0 aliphatic rings. The van der Waals surface area contributed by atoms with Crippen molar-refractivity contribution in [3.05, 3.63) is 35.1 Å². The lowest BCUT2D eigenvalue weighted by molar-refractivity contribution is 0.0448. The van der Waals surface area contributed by atoms with E-state index >= 15 is 0 Å². The molecule has 1 rings (SSSR count). The van der Waals surface area contributed by atoms with E-state index in [0.29, 0.717) is 18.7 Å². The lowest BCUT2D eigenvalue weighted by atomic mass is 10.1. The Bertz CT molecular complexity index is 572. The van der Waals surface area contributed by atoms with Gasteiger partial charge in [0.05, 0.1) is 18.3 Å². The lowest BCUT2D eigenvalue weighted by Crippen LogP contribution is -2.22. The van der Waals surface area contributed by atoms with E-state index in [4.69, 9.17) is 4.74 Å². The summed E-state index contributed by atoms with van der Waals surface area (Å²) in [6, 6.07) is 0.956. The second-order valence-corrected chi connectivity index (χ2v) is 7.89. The molecule has 2 nitrogen and oxygen atoms in total. The molecule has 0 fully saturated rings. The zero-order valence-corrected chi connectivity index (χ0v) is 17.0. The minimum atomic E-state index is -3.79. The van der Waals surface area contributed by atoms with Crippen LogP contribution in [-0.2, 0) is 9.99 Å². The quantitative estimate of drug-likeness (QED) is 0.199. The molecular weight excluding hydrogens is 399 g/mol. The third-order valence-electron chi connectivity index (χ3n) is 4.26. The number of alkyl halides is 2. The van der Waals surface area contributed by atoms with Crippen LogP contribution < -0.4 is 0 Å². The highest BCUT2D eigenvalue weighted by atomic mass is 32.2. The van der Waals surface area contributed by atoms with Crippen molar-refractivity contribution in [1.82, 2.24) is 0 Å². The van der Waals surface area contributed by atoms with Crippen LogP contribution in [0, 0.1) is 17.5 Å². The molecule has 1 N–H and O–H groups in total. The molecule has 1 unspecified atom stereocenters. The molecule has 28 heavy (non-hydrogen) atoms. The molecule has 0 saturated heterocycles. The van der Waals surface area contributed by atoms with Crippen molar-refractivity contribution in [2.45, 2.75) is 69.6 Å². The smallest absolute Gasteiger partial charge is 0.322 e. The van der Waals surface area contributed by atoms with Gasteiger partial charge in [0.1, 0.15) is 0 Å². The zero-order valence-electron chi connectivity index (χ0n) is 16.2. The second-order valence-electron chi connectivity index (χ2n) is 6.75. The van der Waals surface area contributed by atoms with Gasteiger partial charge in [0.2, 0.25) is 0 Å². The molecule has 0 bridgehead atoms. The summed E-state index contributed by atoms with van der Waals surface area (Å²) in [6.45, 7) is 2.50. The monoisotopic (exact) mass is 428 g/mol. The van der Waals surface area contributed by atoms with Crippen molar-refractivity contribution in [1.29, 1.82) is 0 Å². The van der Waals surface area contributed by atoms with Crippen molar-refractivity contribution in [2.75, 3.05) is 19.0 Å². The van der Waals surface area contributed by atoms with Crippen LogP contribution in [0.15, 0.2) is 12.1 Å². The molecule has 0 radical (unpaired) electrons. The third-order valence-corrected chi connectivity index (χ3v) is 5.39. The Morgan fingerprint density at radius 2 is 1.57 bits per heavy atom. The number of rotatable bonds is 15. The van der Waals surface area contributed by atoms with E-state index in [1.165, 1.54) is 32.1 Å². The average Bonchev–Trinajstić information content (AvgIpc) is 2.66. The summed E-state index contributed by atoms with van der Waals surface area (Å²) in [5.41, 5.74) is -1.25. The molecule has 0 saturated carbocycles. The summed E-state index contributed by atoms with van der Waals surface area (Å²) >= 11 is -0.0425. The molecule has 1 atom stereocenters. The Morgan fingerprint density at radius 3 is 2.21 bits per heavy atom. The summed E-state index contributed by atoms with van der Waals surface area (Å²) in [6.07, 6.45) is 7.98. The average molecular weight is 429 g/mol. The van der Waals surface area contributed by atoms with Gasteiger partial charge in [-0.1, -0.05) is 63.6 Å². The first-order valence-electron chi connectivity index (χ1n) is 9.71. The largest absolute Gasteiger partial charge is 0.390 e. The zero-order chi connectivity index (χ0) is 21.0. The predicted molar refractivity (Wildman–Crippen MR) is 102 cm³/mol. The molecule has 0 aliphatic heterocycles. The minimum Gasteiger partial charge on any atom is -0.390 e. The van der Waals surface area contributed by atoms with Gasteiger partial charge < -0.3 is 9.84 Å². The molecule has 0 spiro atoms. The van der Waals surface area contributed by atoms with Crippen molar-refractivity contribution < 1.29 is 31.8 Å². The summed E-state index contributed by atoms with van der Waals surface area (Å²) in [5, 5.41) is 5.95. The van der Waals surface area contributed by atoms with Gasteiger partial charge in [-0.05, 0) is 18.6 Å². The van der Waals surface area contributed by atoms with Crippen LogP contribution in [0.5, 0.6) is 0 Å². The maximum atomic E-state index is 14.0. The van der Waals surface area contributed by atoms with E-state index in [9.17, 15) is 27.1 Å². The van der Waals surface area contributed by atoms with E-state index in [-0.39, 0.29) is 18.4 Å². The summed E-state index contributed by atoms with van der Waals surface area (Å²) < 4.78 is 72.8. The fraction of sp³-hybridized carbons (Fsp3) is 0.700. The normalized spacial score (nSPS) is 13.1. The van der Waals surface area contributed by atoms with Gasteiger partial charge in [0, 0.05) is 12.4 Å². The number of ether oxygens (including phenoxy) is 1. The van der Waals surface area contributed by atoms with Gasteiger partial charge >= 0.3 is 5.25 Å². The molecule has 1 aromatic rings. The molecule has 0 aromatic heterocycles. The molecule has 0 heterocycles. The maximum Gasteiger partial charge on any atom is 0.322 e. The van der Waals surface area contributed by atoms with Gasteiger partial charge in [0.25, 0.3) is 0 Å². The molecular formula is C20H29F5O2S. The topological polar surface area (TPSA) is 29.5 Å². The van der Waals surface area contributed by atoms with Crippen LogP contribution in [-0.4, -0.2) is 30.2 Å². The molecule has 1 aromatic carbocycles. The van der Waals surface area contributed by atoms with Crippen LogP contribution in [0.25, 0.3) is 0 Å². The second kappa shape index (κ2) is 13.4. The molecule has 0 aliphatic carbocycles. The van der Waals surface area contributed by atoms with Gasteiger partial charge in [0.15, 0.2) is 17.5 Å². The van der Waals surface area contributed by atoms with E-state index in [1.54, 1.807) is 0 Å². The van der Waals surface area contributed by atoms with Gasteiger partial charge in [-0.3, -0.25) is 0 Å². The van der Waals surface area contributed by atoms with Crippen molar-refractivity contribution in [3.63, 3.8) is 0 Å². The van der Waals surface area contributed by atoms with Crippen molar-refractivity contribution in [2.24, 2.45) is 0 Å². The van der Waals surface area contributed by atoms with E-state index in [0.717, 1.165) is 19.3 Å². The highest BCUT2D eigenvalue weighted by Crippen LogP contribution is 2.41. The number of hydrogen-bond donors (Lipinski definition) is 1. The molecule has 162 valence electrons. The lowest BCUT2D eigenvalue weighted by Gasteiger charge is -2.19. The van der Waals surface area contributed by atoms with Crippen LogP contribution in [0.3, 0.4) is 0 Å². The summed E-state index contributed by atoms with van der Waals surface area (Å²) in [4.78, 5) is 0. The fourth-order valence-corrected chi connectivity index (χ4v) is 3.45. The summed E-state index contributed by atoms with van der Waals surface area (Å²) in [5.74, 6) is -5.82. The first-order chi connectivity index (χ1) is 13.3. The number of aliphatic hydroxyl groups excluding tert-OH is 1. The standard InChI is InChI=1S/C20H29F5O2S/c1-2-3-4-5-6-7-8-9-12-27-13-15(26)14-28-20(24,25)16-10-11-17(21)19(23)18(16)22/h10-11,15,26H,2-9,12-14H2,1H3. The number of hydrogen-bond acceptors (Lipinski definition) is 3. The van der Waals surface area contributed by atoms with E-state index in [1.807, 2.05) is 0 Å². The van der Waals surface area contributed by atoms with E-state index < -0.39 is 40.1 Å². The third kappa shape index (κ3) is 9.09. The van der Waals surface area contributed by atoms with Crippen molar-refractivity contribution >= 4 is 11.8 Å². The van der Waals surface area contributed by atoms with Crippen LogP contribution in [0.2, 0.25) is 0 Å². The fourth-order valence-electron chi connectivity index (χ4n) is 2.63. The first kappa shape index (κ1) is 25.2. The Morgan fingerprint density at radius 1 is 0.964 bits per heavy atom. The van der Waals surface area contributed by atoms with Gasteiger partial charge in [-0.25, -0.2) is 13.2 Å². The Hall–Kier alpha value is -0.860. The van der Waals surface area contributed by atoms with Gasteiger partial charge in [-0.15, -0.1) is 0 Å². The van der Waals surface area contributed by atoms with Gasteiger partial charge in [-0.2, -0.15) is 8.78 Å². The Kier molecular flexibility index (Phi) is 12.0. The number of benzene rings is 1. The maximum absolute atomic E-state index is 14.0. The van der Waals surface area contributed by atoms with Crippen LogP contribution in [0.4, 0.5) is 22.0 Å². The number of thioether (sulfide) groups is 1. The Balaban J connectivity index is 2.20. The van der Waals surface area contributed by atoms with Crippen LogP contribution >= 0.6 is 11.8 Å². The number of aliphatic hydroxyl groups is 1.